The molecule has 98 valence electrons. The van der Waals surface area contributed by atoms with Crippen LogP contribution in [0.4, 0.5) is 13.2 Å². The van der Waals surface area contributed by atoms with Crippen LogP contribution in [0.5, 0.6) is 0 Å². The van der Waals surface area contributed by atoms with Crippen LogP contribution in [-0.2, 0) is 15.8 Å². The molecule has 0 aliphatic carbocycles. The predicted molar refractivity (Wildman–Crippen MR) is 60.0 cm³/mol. The Morgan fingerprint density at radius 3 is 2.28 bits per heavy atom. The zero-order chi connectivity index (χ0) is 13.8. The normalized spacial score (nSPS) is 12.1. The van der Waals surface area contributed by atoms with Gasteiger partial charge in [0.05, 0.1) is 17.7 Å². The Balaban J connectivity index is 2.64. The van der Waals surface area contributed by atoms with Gasteiger partial charge >= 0.3 is 12.1 Å². The van der Waals surface area contributed by atoms with E-state index in [0.29, 0.717) is 5.56 Å². The van der Waals surface area contributed by atoms with Crippen molar-refractivity contribution in [1.82, 2.24) is 0 Å². The number of hydrogen-bond acceptors (Lipinski definition) is 3. The van der Waals surface area contributed by atoms with E-state index in [2.05, 4.69) is 9.99 Å². The zero-order valence-electron chi connectivity index (χ0n) is 9.86. The first kappa shape index (κ1) is 14.2. The first-order valence-corrected chi connectivity index (χ1v) is 5.22. The van der Waals surface area contributed by atoms with E-state index in [1.54, 1.807) is 13.8 Å². The number of alkyl halides is 3. The fraction of sp³-hybridized carbons (Fsp3) is 0.333. The van der Waals surface area contributed by atoms with Crippen LogP contribution in [0.3, 0.4) is 0 Å². The minimum absolute atomic E-state index is 0.310. The monoisotopic (exact) mass is 259 g/mol. The van der Waals surface area contributed by atoms with Gasteiger partial charge in [0.1, 0.15) is 0 Å². The largest absolute Gasteiger partial charge is 0.416 e. The highest BCUT2D eigenvalue weighted by atomic mass is 19.4. The summed E-state index contributed by atoms with van der Waals surface area (Å²) in [6.45, 7) is 3.30. The fourth-order valence-corrected chi connectivity index (χ4v) is 1.00. The number of benzene rings is 1. The molecule has 3 nitrogen and oxygen atoms in total. The standard InChI is InChI=1S/C12H12F3NO2/c1-8(2)11(17)18-16-7-9-3-5-10(6-4-9)12(13,14)15/h3-8H,1-2H3/b16-7+. The number of carbonyl (C=O) groups is 1. The van der Waals surface area contributed by atoms with Gasteiger partial charge in [-0.2, -0.15) is 13.2 Å². The van der Waals surface area contributed by atoms with Crippen molar-refractivity contribution in [3.63, 3.8) is 0 Å². The second-order valence-electron chi connectivity index (χ2n) is 3.92. The van der Waals surface area contributed by atoms with E-state index >= 15 is 0 Å². The van der Waals surface area contributed by atoms with Gasteiger partial charge < -0.3 is 4.84 Å². The number of hydrogen-bond donors (Lipinski definition) is 0. The van der Waals surface area contributed by atoms with Crippen LogP contribution in [0, 0.1) is 5.92 Å². The first-order chi connectivity index (χ1) is 8.30. The molecule has 0 amide bonds. The Bertz CT molecular complexity index is 436. The summed E-state index contributed by atoms with van der Waals surface area (Å²) in [4.78, 5) is 15.5. The van der Waals surface area contributed by atoms with Gasteiger partial charge in [-0.25, -0.2) is 4.79 Å². The van der Waals surface area contributed by atoms with Crippen molar-refractivity contribution in [3.8, 4) is 0 Å². The second-order valence-corrected chi connectivity index (χ2v) is 3.92. The highest BCUT2D eigenvalue weighted by Crippen LogP contribution is 2.28. The van der Waals surface area contributed by atoms with Gasteiger partial charge in [-0.1, -0.05) is 31.1 Å². The molecule has 0 bridgehead atoms. The third kappa shape index (κ3) is 4.20. The molecular weight excluding hydrogens is 247 g/mol. The summed E-state index contributed by atoms with van der Waals surface area (Å²) in [5.41, 5.74) is -0.321. The molecule has 0 aliphatic heterocycles. The van der Waals surface area contributed by atoms with E-state index in [9.17, 15) is 18.0 Å². The van der Waals surface area contributed by atoms with Crippen molar-refractivity contribution in [3.05, 3.63) is 35.4 Å². The summed E-state index contributed by atoms with van der Waals surface area (Å²) in [6, 6.07) is 4.36. The molecular formula is C12H12F3NO2. The molecule has 6 heteroatoms. The second kappa shape index (κ2) is 5.66. The first-order valence-electron chi connectivity index (χ1n) is 5.22. The topological polar surface area (TPSA) is 38.7 Å². The Labute approximate surface area is 102 Å². The molecule has 0 spiro atoms. The highest BCUT2D eigenvalue weighted by molar-refractivity contribution is 5.80. The predicted octanol–water partition coefficient (Wildman–Crippen LogP) is 3.24. The number of carbonyl (C=O) groups excluding carboxylic acids is 1. The maximum Gasteiger partial charge on any atom is 0.416 e. The molecule has 0 heterocycles. The molecule has 1 aromatic rings. The van der Waals surface area contributed by atoms with Crippen LogP contribution < -0.4 is 0 Å². The van der Waals surface area contributed by atoms with Crippen molar-refractivity contribution < 1.29 is 22.8 Å². The van der Waals surface area contributed by atoms with Crippen molar-refractivity contribution in [2.75, 3.05) is 0 Å². The summed E-state index contributed by atoms with van der Waals surface area (Å²) in [5, 5.41) is 3.40. The molecule has 0 atom stereocenters. The zero-order valence-corrected chi connectivity index (χ0v) is 9.86. The minimum atomic E-state index is -4.36. The van der Waals surface area contributed by atoms with E-state index in [-0.39, 0.29) is 5.92 Å². The molecule has 0 saturated carbocycles. The summed E-state index contributed by atoms with van der Waals surface area (Å²) in [5.74, 6) is -0.812. The fourth-order valence-electron chi connectivity index (χ4n) is 1.00. The molecule has 1 aromatic carbocycles. The summed E-state index contributed by atoms with van der Waals surface area (Å²) >= 11 is 0. The van der Waals surface area contributed by atoms with Gasteiger partial charge in [-0.05, 0) is 17.7 Å². The average Bonchev–Trinajstić information content (AvgIpc) is 2.28. The summed E-state index contributed by atoms with van der Waals surface area (Å²) in [7, 11) is 0. The third-order valence-electron chi connectivity index (χ3n) is 2.05. The molecule has 0 saturated heterocycles. The number of rotatable bonds is 3. The SMILES string of the molecule is CC(C)C(=O)O/N=C/c1ccc(C(F)(F)F)cc1. The summed E-state index contributed by atoms with van der Waals surface area (Å²) in [6.07, 6.45) is -3.18. The van der Waals surface area contributed by atoms with E-state index in [1.165, 1.54) is 18.3 Å². The van der Waals surface area contributed by atoms with E-state index in [0.717, 1.165) is 12.1 Å². The van der Waals surface area contributed by atoms with Crippen LogP contribution in [-0.4, -0.2) is 12.2 Å². The van der Waals surface area contributed by atoms with Gasteiger partial charge in [0.25, 0.3) is 0 Å². The highest BCUT2D eigenvalue weighted by Gasteiger charge is 2.29. The lowest BCUT2D eigenvalue weighted by atomic mass is 10.1. The third-order valence-corrected chi connectivity index (χ3v) is 2.05. The Kier molecular flexibility index (Phi) is 4.47. The van der Waals surface area contributed by atoms with Gasteiger partial charge in [0.2, 0.25) is 0 Å². The van der Waals surface area contributed by atoms with E-state index < -0.39 is 17.7 Å². The van der Waals surface area contributed by atoms with Gasteiger partial charge in [-0.3, -0.25) is 0 Å². The Hall–Kier alpha value is -1.85. The molecule has 1 rings (SSSR count). The molecule has 0 fully saturated rings. The van der Waals surface area contributed by atoms with Crippen LogP contribution in [0.2, 0.25) is 0 Å². The molecule has 0 aromatic heterocycles. The maximum absolute atomic E-state index is 12.3. The van der Waals surface area contributed by atoms with Crippen LogP contribution in [0.25, 0.3) is 0 Å². The molecule has 0 unspecified atom stereocenters. The average molecular weight is 259 g/mol. The Morgan fingerprint density at radius 1 is 1.28 bits per heavy atom. The van der Waals surface area contributed by atoms with Gasteiger partial charge in [-0.15, -0.1) is 0 Å². The molecule has 0 N–H and O–H groups in total. The Morgan fingerprint density at radius 2 is 1.83 bits per heavy atom. The quantitative estimate of drug-likeness (QED) is 0.475. The lowest BCUT2D eigenvalue weighted by Crippen LogP contribution is -2.08. The number of halogens is 3. The smallest absolute Gasteiger partial charge is 0.318 e. The van der Waals surface area contributed by atoms with Crippen LogP contribution in [0.15, 0.2) is 29.4 Å². The van der Waals surface area contributed by atoms with Crippen LogP contribution in [0.1, 0.15) is 25.0 Å². The molecule has 0 aliphatic rings. The van der Waals surface area contributed by atoms with Crippen molar-refractivity contribution in [1.29, 1.82) is 0 Å². The lowest BCUT2D eigenvalue weighted by molar-refractivity contribution is -0.147. The van der Waals surface area contributed by atoms with Crippen molar-refractivity contribution in [2.45, 2.75) is 20.0 Å². The number of oxime groups is 1. The van der Waals surface area contributed by atoms with E-state index in [4.69, 9.17) is 0 Å². The van der Waals surface area contributed by atoms with Crippen molar-refractivity contribution >= 4 is 12.2 Å². The van der Waals surface area contributed by atoms with Gasteiger partial charge in [0.15, 0.2) is 0 Å². The maximum atomic E-state index is 12.3. The summed E-state index contributed by atoms with van der Waals surface area (Å²) < 4.78 is 36.8. The van der Waals surface area contributed by atoms with E-state index in [1.807, 2.05) is 0 Å². The molecule has 0 radical (unpaired) electrons. The number of nitrogens with zero attached hydrogens (tertiary/aromatic N) is 1. The molecule has 18 heavy (non-hydrogen) atoms. The lowest BCUT2D eigenvalue weighted by Gasteiger charge is -2.05. The van der Waals surface area contributed by atoms with Gasteiger partial charge in [0, 0.05) is 0 Å². The van der Waals surface area contributed by atoms with Crippen LogP contribution >= 0.6 is 0 Å². The van der Waals surface area contributed by atoms with Crippen molar-refractivity contribution in [2.24, 2.45) is 11.1 Å². The minimum Gasteiger partial charge on any atom is -0.318 e.